The van der Waals surface area contributed by atoms with Gasteiger partial charge in [-0.3, -0.25) is 9.59 Å². The molecule has 1 aromatic rings. The minimum absolute atomic E-state index is 0.129. The Hall–Kier alpha value is -2.37. The van der Waals surface area contributed by atoms with Gasteiger partial charge < -0.3 is 15.1 Å². The average Bonchev–Trinajstić information content (AvgIpc) is 2.67. The smallest absolute Gasteiger partial charge is 0.253 e. The summed E-state index contributed by atoms with van der Waals surface area (Å²) < 4.78 is 0. The quantitative estimate of drug-likeness (QED) is 0.838. The number of carbonyl (C=O) groups is 2. The minimum atomic E-state index is -0.129. The summed E-state index contributed by atoms with van der Waals surface area (Å²) in [4.78, 5) is 33.3. The molecule has 0 aliphatic carbocycles. The van der Waals surface area contributed by atoms with Gasteiger partial charge in [-0.05, 0) is 43.2 Å². The van der Waals surface area contributed by atoms with Crippen molar-refractivity contribution in [2.24, 2.45) is 11.8 Å². The first-order valence-electron chi connectivity index (χ1n) is 9.55. The maximum Gasteiger partial charge on any atom is 0.253 e. The molecular weight excluding hydrogens is 328 g/mol. The number of fused-ring (bicyclic) bond motifs is 4. The molecule has 0 unspecified atom stereocenters. The number of nitrogens with one attached hydrogen (secondary N) is 1. The molecule has 0 spiro atoms. The van der Waals surface area contributed by atoms with E-state index in [1.54, 1.807) is 12.3 Å². The van der Waals surface area contributed by atoms with Crippen molar-refractivity contribution in [1.82, 2.24) is 15.2 Å². The molecule has 3 saturated heterocycles. The molecule has 1 aromatic heterocycles. The van der Waals surface area contributed by atoms with Crippen molar-refractivity contribution < 1.29 is 9.59 Å². The second kappa shape index (κ2) is 7.09. The third kappa shape index (κ3) is 3.20. The van der Waals surface area contributed by atoms with E-state index in [9.17, 15) is 9.59 Å². The summed E-state index contributed by atoms with van der Waals surface area (Å²) in [6.45, 7) is 6.82. The standard InChI is InChI=1S/C20H26N4O2/c1-2-8-21-20(26)15-6-7-18(22-10-15)23-11-14-9-16(13-23)17-4-3-5-19(25)24(17)12-14/h2,6-7,10,14,16-17H,1,3-5,8-9,11-13H2,(H,21,26)/t14-,16-,17-/m1/s1. The van der Waals surface area contributed by atoms with E-state index in [4.69, 9.17) is 0 Å². The summed E-state index contributed by atoms with van der Waals surface area (Å²) in [5.74, 6) is 2.19. The molecule has 4 heterocycles. The van der Waals surface area contributed by atoms with Gasteiger partial charge >= 0.3 is 0 Å². The second-order valence-corrected chi connectivity index (χ2v) is 7.68. The first-order chi connectivity index (χ1) is 12.7. The lowest BCUT2D eigenvalue weighted by Gasteiger charge is -2.52. The molecule has 6 nitrogen and oxygen atoms in total. The van der Waals surface area contributed by atoms with Crippen molar-refractivity contribution >= 4 is 17.6 Å². The van der Waals surface area contributed by atoms with Crippen LogP contribution in [0.3, 0.4) is 0 Å². The third-order valence-electron chi connectivity index (χ3n) is 5.92. The number of pyridine rings is 1. The maximum atomic E-state index is 12.2. The lowest BCUT2D eigenvalue weighted by atomic mass is 9.76. The number of aromatic nitrogens is 1. The van der Waals surface area contributed by atoms with Gasteiger partial charge in [0.05, 0.1) is 5.56 Å². The van der Waals surface area contributed by atoms with E-state index in [0.29, 0.717) is 35.9 Å². The molecule has 2 amide bonds. The maximum absolute atomic E-state index is 12.2. The molecule has 3 atom stereocenters. The van der Waals surface area contributed by atoms with Crippen LogP contribution in [0.15, 0.2) is 31.0 Å². The summed E-state index contributed by atoms with van der Waals surface area (Å²) in [6.07, 6.45) is 7.39. The predicted octanol–water partition coefficient (Wildman–Crippen LogP) is 1.83. The molecule has 2 bridgehead atoms. The van der Waals surface area contributed by atoms with Gasteiger partial charge in [0.15, 0.2) is 0 Å². The second-order valence-electron chi connectivity index (χ2n) is 7.68. The van der Waals surface area contributed by atoms with E-state index in [1.807, 2.05) is 12.1 Å². The van der Waals surface area contributed by atoms with Gasteiger partial charge in [0, 0.05) is 44.8 Å². The molecule has 3 aliphatic rings. The molecule has 26 heavy (non-hydrogen) atoms. The molecule has 0 radical (unpaired) electrons. The van der Waals surface area contributed by atoms with E-state index in [2.05, 4.69) is 26.7 Å². The van der Waals surface area contributed by atoms with E-state index in [1.165, 1.54) is 6.42 Å². The SMILES string of the molecule is C=CCNC(=O)c1ccc(N2C[C@H]3C[C@H](C2)[C@H]2CCCC(=O)N2C3)nc1. The number of nitrogens with zero attached hydrogens (tertiary/aromatic N) is 3. The molecule has 0 saturated carbocycles. The molecular formula is C20H26N4O2. The van der Waals surface area contributed by atoms with Gasteiger partial charge in [-0.2, -0.15) is 0 Å². The molecule has 1 N–H and O–H groups in total. The fraction of sp³-hybridized carbons (Fsp3) is 0.550. The highest BCUT2D eigenvalue weighted by atomic mass is 16.2. The summed E-state index contributed by atoms with van der Waals surface area (Å²) in [6, 6.07) is 4.18. The monoisotopic (exact) mass is 354 g/mol. The highest BCUT2D eigenvalue weighted by Crippen LogP contribution is 2.38. The van der Waals surface area contributed by atoms with Gasteiger partial charge in [-0.1, -0.05) is 6.08 Å². The predicted molar refractivity (Wildman–Crippen MR) is 99.9 cm³/mol. The van der Waals surface area contributed by atoms with Crippen LogP contribution >= 0.6 is 0 Å². The van der Waals surface area contributed by atoms with Crippen molar-refractivity contribution in [2.45, 2.75) is 31.7 Å². The summed E-state index contributed by atoms with van der Waals surface area (Å²) in [5.41, 5.74) is 0.567. The number of hydrogen-bond acceptors (Lipinski definition) is 4. The Morgan fingerprint density at radius 2 is 2.23 bits per heavy atom. The van der Waals surface area contributed by atoms with Crippen LogP contribution in [0.4, 0.5) is 5.82 Å². The van der Waals surface area contributed by atoms with Gasteiger partial charge in [-0.15, -0.1) is 6.58 Å². The molecule has 138 valence electrons. The molecule has 0 aromatic carbocycles. The topological polar surface area (TPSA) is 65.5 Å². The molecule has 6 heteroatoms. The van der Waals surface area contributed by atoms with Crippen LogP contribution in [0.1, 0.15) is 36.0 Å². The summed E-state index contributed by atoms with van der Waals surface area (Å²) in [5, 5.41) is 2.77. The number of anilines is 1. The van der Waals surface area contributed by atoms with Crippen LogP contribution in [0.25, 0.3) is 0 Å². The van der Waals surface area contributed by atoms with Gasteiger partial charge in [0.1, 0.15) is 5.82 Å². The Labute approximate surface area is 154 Å². The van der Waals surface area contributed by atoms with Crippen LogP contribution in [0.5, 0.6) is 0 Å². The minimum Gasteiger partial charge on any atom is -0.356 e. The zero-order chi connectivity index (χ0) is 18.1. The van der Waals surface area contributed by atoms with Crippen molar-refractivity contribution in [3.8, 4) is 0 Å². The summed E-state index contributed by atoms with van der Waals surface area (Å²) >= 11 is 0. The Bertz CT molecular complexity index is 702. The van der Waals surface area contributed by atoms with Crippen molar-refractivity contribution in [3.63, 3.8) is 0 Å². The fourth-order valence-corrected chi connectivity index (χ4v) is 4.77. The first kappa shape index (κ1) is 17.1. The van der Waals surface area contributed by atoms with E-state index in [0.717, 1.165) is 44.7 Å². The molecule has 4 rings (SSSR count). The number of rotatable bonds is 4. The van der Waals surface area contributed by atoms with Crippen LogP contribution in [0, 0.1) is 11.8 Å². The summed E-state index contributed by atoms with van der Waals surface area (Å²) in [7, 11) is 0. The van der Waals surface area contributed by atoms with Crippen molar-refractivity contribution in [2.75, 3.05) is 31.1 Å². The Kier molecular flexibility index (Phi) is 4.66. The zero-order valence-corrected chi connectivity index (χ0v) is 15.1. The van der Waals surface area contributed by atoms with Crippen LogP contribution < -0.4 is 10.2 Å². The van der Waals surface area contributed by atoms with Crippen molar-refractivity contribution in [3.05, 3.63) is 36.5 Å². The average molecular weight is 354 g/mol. The molecule has 3 aliphatic heterocycles. The number of piperidine rings is 3. The van der Waals surface area contributed by atoms with Gasteiger partial charge in [0.2, 0.25) is 5.91 Å². The van der Waals surface area contributed by atoms with Crippen LogP contribution in [-0.4, -0.2) is 53.9 Å². The van der Waals surface area contributed by atoms with Crippen LogP contribution in [-0.2, 0) is 4.79 Å². The van der Waals surface area contributed by atoms with Crippen molar-refractivity contribution in [1.29, 1.82) is 0 Å². The Morgan fingerprint density at radius 3 is 3.00 bits per heavy atom. The Morgan fingerprint density at radius 1 is 1.35 bits per heavy atom. The molecule has 3 fully saturated rings. The Balaban J connectivity index is 1.45. The van der Waals surface area contributed by atoms with Gasteiger partial charge in [0.25, 0.3) is 5.91 Å². The highest BCUT2D eigenvalue weighted by Gasteiger charge is 2.44. The normalized spacial score (nSPS) is 27.7. The lowest BCUT2D eigenvalue weighted by Crippen LogP contribution is -2.60. The number of hydrogen-bond donors (Lipinski definition) is 1. The number of amides is 2. The van der Waals surface area contributed by atoms with E-state index >= 15 is 0 Å². The van der Waals surface area contributed by atoms with Gasteiger partial charge in [-0.25, -0.2) is 4.98 Å². The largest absolute Gasteiger partial charge is 0.356 e. The third-order valence-corrected chi connectivity index (χ3v) is 5.92. The van der Waals surface area contributed by atoms with E-state index in [-0.39, 0.29) is 5.91 Å². The fourth-order valence-electron chi connectivity index (χ4n) is 4.77. The van der Waals surface area contributed by atoms with E-state index < -0.39 is 0 Å². The lowest BCUT2D eigenvalue weighted by molar-refractivity contribution is -0.142. The first-order valence-corrected chi connectivity index (χ1v) is 9.55. The van der Waals surface area contributed by atoms with Crippen LogP contribution in [0.2, 0.25) is 0 Å². The zero-order valence-electron chi connectivity index (χ0n) is 15.1. The number of carbonyl (C=O) groups excluding carboxylic acids is 2. The highest BCUT2D eigenvalue weighted by molar-refractivity contribution is 5.94.